The summed E-state index contributed by atoms with van der Waals surface area (Å²) in [5.41, 5.74) is 2.69. The molecular formula is C33H28N2O3. The Labute approximate surface area is 222 Å². The molecule has 5 aromatic rings. The maximum absolute atomic E-state index is 14.6. The third kappa shape index (κ3) is 4.78. The predicted molar refractivity (Wildman–Crippen MR) is 149 cm³/mol. The standard InChI is InChI=1S/C33H28N2O3/c1-38-31(36)30(23-28-22-21-24-13-11-12-20-29(24)34-28)35-32(37)33(25-14-5-2-6-15-25,26-16-7-3-8-17-26)27-18-9-4-10-19-27/h2-22,30H,23H2,1H3,(H,35,37)/t30-/m0/s1. The molecule has 5 heteroatoms. The van der Waals surface area contributed by atoms with Crippen LogP contribution in [0.5, 0.6) is 0 Å². The second-order valence-corrected chi connectivity index (χ2v) is 9.10. The van der Waals surface area contributed by atoms with Crippen molar-refractivity contribution in [3.05, 3.63) is 150 Å². The molecule has 0 aliphatic carbocycles. The largest absolute Gasteiger partial charge is 0.467 e. The molecule has 38 heavy (non-hydrogen) atoms. The number of fused-ring (bicyclic) bond motifs is 1. The van der Waals surface area contributed by atoms with Crippen LogP contribution in [0.25, 0.3) is 10.9 Å². The van der Waals surface area contributed by atoms with Crippen LogP contribution in [-0.4, -0.2) is 30.0 Å². The van der Waals surface area contributed by atoms with Crippen LogP contribution in [0.3, 0.4) is 0 Å². The van der Waals surface area contributed by atoms with Gasteiger partial charge in [-0.3, -0.25) is 9.78 Å². The number of benzene rings is 4. The van der Waals surface area contributed by atoms with Gasteiger partial charge in [-0.15, -0.1) is 0 Å². The fourth-order valence-corrected chi connectivity index (χ4v) is 4.99. The van der Waals surface area contributed by atoms with E-state index in [9.17, 15) is 9.59 Å². The van der Waals surface area contributed by atoms with Gasteiger partial charge in [0.2, 0.25) is 5.91 Å². The molecule has 0 saturated heterocycles. The molecule has 1 N–H and O–H groups in total. The third-order valence-corrected chi connectivity index (χ3v) is 6.82. The average Bonchev–Trinajstić information content (AvgIpc) is 2.98. The Bertz CT molecular complexity index is 1440. The molecule has 0 radical (unpaired) electrons. The number of rotatable bonds is 8. The van der Waals surface area contributed by atoms with E-state index >= 15 is 0 Å². The van der Waals surface area contributed by atoms with Crippen molar-refractivity contribution in [2.45, 2.75) is 17.9 Å². The molecule has 1 heterocycles. The first-order valence-corrected chi connectivity index (χ1v) is 12.5. The van der Waals surface area contributed by atoms with Gasteiger partial charge in [0.1, 0.15) is 11.5 Å². The van der Waals surface area contributed by atoms with E-state index in [-0.39, 0.29) is 12.3 Å². The molecule has 1 aromatic heterocycles. The molecule has 1 atom stereocenters. The summed E-state index contributed by atoms with van der Waals surface area (Å²) < 4.78 is 5.12. The summed E-state index contributed by atoms with van der Waals surface area (Å²) in [5, 5.41) is 4.05. The lowest BCUT2D eigenvalue weighted by atomic mass is 9.68. The van der Waals surface area contributed by atoms with E-state index in [0.717, 1.165) is 27.6 Å². The van der Waals surface area contributed by atoms with Gasteiger partial charge >= 0.3 is 5.97 Å². The number of amides is 1. The zero-order valence-electron chi connectivity index (χ0n) is 21.1. The summed E-state index contributed by atoms with van der Waals surface area (Å²) in [5.74, 6) is -0.853. The number of aromatic nitrogens is 1. The van der Waals surface area contributed by atoms with Crippen LogP contribution in [0, 0.1) is 0 Å². The summed E-state index contributed by atoms with van der Waals surface area (Å²) in [4.78, 5) is 32.3. The summed E-state index contributed by atoms with van der Waals surface area (Å²) in [7, 11) is 1.33. The van der Waals surface area contributed by atoms with Crippen LogP contribution in [0.1, 0.15) is 22.4 Å². The first-order valence-electron chi connectivity index (χ1n) is 12.5. The lowest BCUT2D eigenvalue weighted by Crippen LogP contribution is -2.53. The number of pyridine rings is 1. The van der Waals surface area contributed by atoms with Gasteiger partial charge in [0.05, 0.1) is 12.6 Å². The summed E-state index contributed by atoms with van der Waals surface area (Å²) in [6.45, 7) is 0. The number of esters is 1. The van der Waals surface area contributed by atoms with Crippen molar-refractivity contribution in [2.24, 2.45) is 0 Å². The lowest BCUT2D eigenvalue weighted by Gasteiger charge is -2.35. The number of nitrogens with zero attached hydrogens (tertiary/aromatic N) is 1. The quantitative estimate of drug-likeness (QED) is 0.227. The van der Waals surface area contributed by atoms with Crippen LogP contribution in [-0.2, 0) is 26.2 Å². The minimum atomic E-state index is -1.20. The smallest absolute Gasteiger partial charge is 0.328 e. The van der Waals surface area contributed by atoms with Gasteiger partial charge in [-0.05, 0) is 28.8 Å². The second kappa shape index (κ2) is 11.1. The third-order valence-electron chi connectivity index (χ3n) is 6.82. The van der Waals surface area contributed by atoms with Gasteiger partial charge in [0, 0.05) is 17.5 Å². The van der Waals surface area contributed by atoms with Crippen molar-refractivity contribution in [3.8, 4) is 0 Å². The molecule has 0 saturated carbocycles. The highest BCUT2D eigenvalue weighted by atomic mass is 16.5. The minimum absolute atomic E-state index is 0.192. The molecule has 0 aliphatic rings. The topological polar surface area (TPSA) is 68.3 Å². The van der Waals surface area contributed by atoms with Gasteiger partial charge in [0.25, 0.3) is 0 Å². The lowest BCUT2D eigenvalue weighted by molar-refractivity contribution is -0.145. The van der Waals surface area contributed by atoms with Crippen molar-refractivity contribution in [2.75, 3.05) is 7.11 Å². The molecule has 0 unspecified atom stereocenters. The highest BCUT2D eigenvalue weighted by Gasteiger charge is 2.45. The van der Waals surface area contributed by atoms with E-state index in [2.05, 4.69) is 5.32 Å². The van der Waals surface area contributed by atoms with Crippen molar-refractivity contribution in [1.82, 2.24) is 10.3 Å². The molecule has 0 aliphatic heterocycles. The fraction of sp³-hybridized carbons (Fsp3) is 0.121. The van der Waals surface area contributed by atoms with E-state index in [0.29, 0.717) is 5.69 Å². The number of methoxy groups -OCH3 is 1. The molecule has 0 spiro atoms. The van der Waals surface area contributed by atoms with Crippen LogP contribution in [0.2, 0.25) is 0 Å². The first-order chi connectivity index (χ1) is 18.6. The van der Waals surface area contributed by atoms with E-state index in [4.69, 9.17) is 9.72 Å². The Kier molecular flexibility index (Phi) is 7.27. The molecule has 0 fully saturated rings. The molecule has 0 bridgehead atoms. The fourth-order valence-electron chi connectivity index (χ4n) is 4.99. The van der Waals surface area contributed by atoms with E-state index in [1.165, 1.54) is 7.11 Å². The Morgan fingerprint density at radius 1 is 0.711 bits per heavy atom. The van der Waals surface area contributed by atoms with Gasteiger partial charge in [-0.25, -0.2) is 4.79 Å². The zero-order valence-corrected chi connectivity index (χ0v) is 21.1. The summed E-state index contributed by atoms with van der Waals surface area (Å²) in [6, 6.07) is 39.6. The number of para-hydroxylation sites is 1. The van der Waals surface area contributed by atoms with Gasteiger partial charge < -0.3 is 10.1 Å². The number of hydrogen-bond donors (Lipinski definition) is 1. The molecule has 5 nitrogen and oxygen atoms in total. The van der Waals surface area contributed by atoms with E-state index in [1.807, 2.05) is 127 Å². The first kappa shape index (κ1) is 24.9. The van der Waals surface area contributed by atoms with Crippen molar-refractivity contribution in [3.63, 3.8) is 0 Å². The normalized spacial score (nSPS) is 12.0. The molecule has 5 rings (SSSR count). The maximum atomic E-state index is 14.6. The SMILES string of the molecule is COC(=O)[C@H](Cc1ccc2ccccc2n1)NC(=O)C(c1ccccc1)(c1ccccc1)c1ccccc1. The summed E-state index contributed by atoms with van der Waals surface area (Å²) in [6.07, 6.45) is 0.192. The van der Waals surface area contributed by atoms with Crippen LogP contribution in [0.15, 0.2) is 127 Å². The van der Waals surface area contributed by atoms with Gasteiger partial charge in [0.15, 0.2) is 0 Å². The Morgan fingerprint density at radius 3 is 1.74 bits per heavy atom. The van der Waals surface area contributed by atoms with Crippen LogP contribution < -0.4 is 5.32 Å². The van der Waals surface area contributed by atoms with Crippen molar-refractivity contribution in [1.29, 1.82) is 0 Å². The molecular weight excluding hydrogens is 472 g/mol. The Morgan fingerprint density at radius 2 is 1.21 bits per heavy atom. The van der Waals surface area contributed by atoms with E-state index < -0.39 is 17.4 Å². The monoisotopic (exact) mass is 500 g/mol. The van der Waals surface area contributed by atoms with Crippen LogP contribution >= 0.6 is 0 Å². The number of nitrogens with one attached hydrogen (secondary N) is 1. The predicted octanol–water partition coefficient (Wildman–Crippen LogP) is 5.47. The number of carbonyl (C=O) groups excluding carboxylic acids is 2. The highest BCUT2D eigenvalue weighted by Crippen LogP contribution is 2.39. The number of carbonyl (C=O) groups is 2. The number of hydrogen-bond acceptors (Lipinski definition) is 4. The van der Waals surface area contributed by atoms with Crippen LogP contribution in [0.4, 0.5) is 0 Å². The van der Waals surface area contributed by atoms with E-state index in [1.54, 1.807) is 0 Å². The van der Waals surface area contributed by atoms with Crippen molar-refractivity contribution < 1.29 is 14.3 Å². The molecule has 188 valence electrons. The number of ether oxygens (including phenoxy) is 1. The van der Waals surface area contributed by atoms with Gasteiger partial charge in [-0.1, -0.05) is 115 Å². The Hall–Kier alpha value is -4.77. The second-order valence-electron chi connectivity index (χ2n) is 9.10. The Balaban J connectivity index is 1.60. The molecule has 4 aromatic carbocycles. The molecule has 1 amide bonds. The van der Waals surface area contributed by atoms with Crippen molar-refractivity contribution >= 4 is 22.8 Å². The summed E-state index contributed by atoms with van der Waals surface area (Å²) >= 11 is 0. The highest BCUT2D eigenvalue weighted by molar-refractivity contribution is 5.98. The maximum Gasteiger partial charge on any atom is 0.328 e. The average molecular weight is 501 g/mol. The van der Waals surface area contributed by atoms with Gasteiger partial charge in [-0.2, -0.15) is 0 Å². The zero-order chi connectivity index (χ0) is 26.4. The minimum Gasteiger partial charge on any atom is -0.467 e.